The summed E-state index contributed by atoms with van der Waals surface area (Å²) in [6, 6.07) is 7.96. The van der Waals surface area contributed by atoms with Crippen molar-refractivity contribution < 1.29 is 18.3 Å². The molecular formula is C9H7BrF2O2. The van der Waals surface area contributed by atoms with Crippen LogP contribution in [0.15, 0.2) is 30.3 Å². The molecule has 0 aromatic heterocycles. The van der Waals surface area contributed by atoms with Gasteiger partial charge >= 0.3 is 10.8 Å². The third-order valence-electron chi connectivity index (χ3n) is 1.38. The van der Waals surface area contributed by atoms with Crippen LogP contribution in [0, 0.1) is 0 Å². The Morgan fingerprint density at radius 3 is 2.43 bits per heavy atom. The van der Waals surface area contributed by atoms with Crippen LogP contribution in [0.3, 0.4) is 0 Å². The summed E-state index contributed by atoms with van der Waals surface area (Å²) in [6.45, 7) is -0.972. The first-order chi connectivity index (χ1) is 6.49. The largest absolute Gasteiger partial charge is 0.455 e. The van der Waals surface area contributed by atoms with Crippen LogP contribution in [0.2, 0.25) is 0 Å². The highest BCUT2D eigenvalue weighted by molar-refractivity contribution is 9.10. The smallest absolute Gasteiger partial charge is 0.338 e. The molecule has 0 N–H and O–H groups in total. The summed E-state index contributed by atoms with van der Waals surface area (Å²) < 4.78 is 28.8. The van der Waals surface area contributed by atoms with Gasteiger partial charge in [0.05, 0.1) is 5.56 Å². The van der Waals surface area contributed by atoms with Crippen LogP contribution in [0.1, 0.15) is 10.4 Å². The highest BCUT2D eigenvalue weighted by atomic mass is 79.9. The number of alkyl halides is 3. The number of esters is 1. The van der Waals surface area contributed by atoms with E-state index in [0.717, 1.165) is 0 Å². The Bertz CT molecular complexity index is 308. The van der Waals surface area contributed by atoms with Crippen molar-refractivity contribution in [2.24, 2.45) is 0 Å². The second-order valence-corrected chi connectivity index (χ2v) is 3.72. The number of benzene rings is 1. The zero-order valence-electron chi connectivity index (χ0n) is 7.04. The van der Waals surface area contributed by atoms with Gasteiger partial charge in [0.25, 0.3) is 0 Å². The minimum absolute atomic E-state index is 0.254. The second-order valence-electron chi connectivity index (χ2n) is 2.56. The lowest BCUT2D eigenvalue weighted by molar-refractivity contribution is 0.00364. The van der Waals surface area contributed by atoms with Crippen LogP contribution in [-0.2, 0) is 4.74 Å². The Morgan fingerprint density at radius 1 is 1.36 bits per heavy atom. The maximum absolute atomic E-state index is 12.2. The van der Waals surface area contributed by atoms with Gasteiger partial charge in [-0.1, -0.05) is 18.2 Å². The van der Waals surface area contributed by atoms with Crippen molar-refractivity contribution in [3.05, 3.63) is 35.9 Å². The SMILES string of the molecule is O=C(OCC(F)(F)Br)c1ccccc1. The van der Waals surface area contributed by atoms with Gasteiger partial charge in [-0.05, 0) is 28.1 Å². The number of hydrogen-bond donors (Lipinski definition) is 0. The summed E-state index contributed by atoms with van der Waals surface area (Å²) in [6.07, 6.45) is 0. The number of carbonyl (C=O) groups excluding carboxylic acids is 1. The Labute approximate surface area is 88.0 Å². The maximum atomic E-state index is 12.2. The van der Waals surface area contributed by atoms with E-state index in [2.05, 4.69) is 20.7 Å². The van der Waals surface area contributed by atoms with Crippen molar-refractivity contribution in [2.75, 3.05) is 6.61 Å². The number of halogens is 3. The normalized spacial score (nSPS) is 11.1. The molecule has 1 aromatic carbocycles. The van der Waals surface area contributed by atoms with Gasteiger partial charge in [0.1, 0.15) is 0 Å². The van der Waals surface area contributed by atoms with Gasteiger partial charge < -0.3 is 4.74 Å². The first-order valence-corrected chi connectivity index (χ1v) is 4.57. The van der Waals surface area contributed by atoms with Crippen molar-refractivity contribution in [3.8, 4) is 0 Å². The molecule has 0 radical (unpaired) electrons. The minimum atomic E-state index is -3.17. The van der Waals surface area contributed by atoms with E-state index in [-0.39, 0.29) is 5.56 Å². The summed E-state index contributed by atoms with van der Waals surface area (Å²) in [5, 5.41) is 0. The van der Waals surface area contributed by atoms with E-state index in [1.54, 1.807) is 18.2 Å². The molecule has 0 saturated heterocycles. The van der Waals surface area contributed by atoms with Crippen molar-refractivity contribution >= 4 is 21.9 Å². The predicted octanol–water partition coefficient (Wildman–Crippen LogP) is 2.83. The average Bonchev–Trinajstić information content (AvgIpc) is 2.14. The maximum Gasteiger partial charge on any atom is 0.338 e. The molecule has 0 amide bonds. The Hall–Kier alpha value is -0.970. The van der Waals surface area contributed by atoms with Crippen molar-refractivity contribution in [1.29, 1.82) is 0 Å². The van der Waals surface area contributed by atoms with E-state index in [1.165, 1.54) is 12.1 Å². The highest BCUT2D eigenvalue weighted by Gasteiger charge is 2.26. The van der Waals surface area contributed by atoms with E-state index in [0.29, 0.717) is 0 Å². The van der Waals surface area contributed by atoms with E-state index in [1.807, 2.05) is 0 Å². The number of rotatable bonds is 3. The van der Waals surface area contributed by atoms with Gasteiger partial charge in [0.2, 0.25) is 0 Å². The molecule has 0 aliphatic heterocycles. The van der Waals surface area contributed by atoms with Crippen LogP contribution < -0.4 is 0 Å². The van der Waals surface area contributed by atoms with Crippen LogP contribution in [-0.4, -0.2) is 17.4 Å². The zero-order chi connectivity index (χ0) is 10.6. The lowest BCUT2D eigenvalue weighted by atomic mass is 10.2. The van der Waals surface area contributed by atoms with E-state index >= 15 is 0 Å². The fraction of sp³-hybridized carbons (Fsp3) is 0.222. The van der Waals surface area contributed by atoms with Crippen LogP contribution in [0.5, 0.6) is 0 Å². The van der Waals surface area contributed by atoms with E-state index in [4.69, 9.17) is 0 Å². The molecule has 76 valence electrons. The first kappa shape index (κ1) is 11.1. The van der Waals surface area contributed by atoms with Gasteiger partial charge in [-0.3, -0.25) is 0 Å². The molecule has 14 heavy (non-hydrogen) atoms. The highest BCUT2D eigenvalue weighted by Crippen LogP contribution is 2.21. The third-order valence-corrected chi connectivity index (χ3v) is 1.61. The molecule has 0 aliphatic carbocycles. The summed E-state index contributed by atoms with van der Waals surface area (Å²) in [5.41, 5.74) is 0.254. The van der Waals surface area contributed by atoms with Gasteiger partial charge in [-0.2, -0.15) is 8.78 Å². The minimum Gasteiger partial charge on any atom is -0.455 e. The Balaban J connectivity index is 2.52. The standard InChI is InChI=1S/C9H7BrF2O2/c10-9(11,12)6-14-8(13)7-4-2-1-3-5-7/h1-5H,6H2. The van der Waals surface area contributed by atoms with Crippen molar-refractivity contribution in [3.63, 3.8) is 0 Å². The fourth-order valence-corrected chi connectivity index (χ4v) is 0.919. The van der Waals surface area contributed by atoms with Crippen LogP contribution >= 0.6 is 15.9 Å². The summed E-state index contributed by atoms with van der Waals surface area (Å²) >= 11 is 2.07. The number of ether oxygens (including phenoxy) is 1. The second kappa shape index (κ2) is 4.50. The summed E-state index contributed by atoms with van der Waals surface area (Å²) in [4.78, 5) is 7.95. The summed E-state index contributed by atoms with van der Waals surface area (Å²) in [7, 11) is 0. The average molecular weight is 265 g/mol. The molecule has 0 saturated carbocycles. The topological polar surface area (TPSA) is 26.3 Å². The van der Waals surface area contributed by atoms with E-state index < -0.39 is 17.4 Å². The lowest BCUT2D eigenvalue weighted by Gasteiger charge is -2.08. The van der Waals surface area contributed by atoms with E-state index in [9.17, 15) is 13.6 Å². The summed E-state index contributed by atoms with van der Waals surface area (Å²) in [5.74, 6) is -0.760. The molecule has 1 rings (SSSR count). The molecule has 1 aromatic rings. The Kier molecular flexibility index (Phi) is 3.57. The number of hydrogen-bond acceptors (Lipinski definition) is 2. The molecule has 0 fully saturated rings. The zero-order valence-corrected chi connectivity index (χ0v) is 8.63. The quantitative estimate of drug-likeness (QED) is 0.620. The van der Waals surface area contributed by atoms with Crippen LogP contribution in [0.25, 0.3) is 0 Å². The number of carbonyl (C=O) groups is 1. The Morgan fingerprint density at radius 2 is 1.93 bits per heavy atom. The molecular weight excluding hydrogens is 258 g/mol. The first-order valence-electron chi connectivity index (χ1n) is 3.78. The molecule has 0 aliphatic rings. The molecule has 2 nitrogen and oxygen atoms in total. The molecule has 0 atom stereocenters. The fourth-order valence-electron chi connectivity index (χ4n) is 0.805. The van der Waals surface area contributed by atoms with Gasteiger partial charge in [-0.25, -0.2) is 4.79 Å². The van der Waals surface area contributed by atoms with Crippen LogP contribution in [0.4, 0.5) is 8.78 Å². The molecule has 5 heteroatoms. The van der Waals surface area contributed by atoms with Crippen molar-refractivity contribution in [2.45, 2.75) is 4.83 Å². The predicted molar refractivity (Wildman–Crippen MR) is 50.6 cm³/mol. The van der Waals surface area contributed by atoms with Crippen molar-refractivity contribution in [1.82, 2.24) is 0 Å². The monoisotopic (exact) mass is 264 g/mol. The van der Waals surface area contributed by atoms with Gasteiger partial charge in [0, 0.05) is 0 Å². The molecule has 0 bridgehead atoms. The molecule has 0 heterocycles. The lowest BCUT2D eigenvalue weighted by Crippen LogP contribution is -2.18. The molecule has 0 unspecified atom stereocenters. The molecule has 0 spiro atoms. The third kappa shape index (κ3) is 3.83. The van der Waals surface area contributed by atoms with Gasteiger partial charge in [-0.15, -0.1) is 0 Å². The van der Waals surface area contributed by atoms with Gasteiger partial charge in [0.15, 0.2) is 6.61 Å².